The number of anilines is 1. The first-order chi connectivity index (χ1) is 20.0. The first kappa shape index (κ1) is 27.3. The maximum Gasteiger partial charge on any atom is 0.232 e. The fourth-order valence-electron chi connectivity index (χ4n) is 5.05. The summed E-state index contributed by atoms with van der Waals surface area (Å²) in [5, 5.41) is 1.19. The lowest BCUT2D eigenvalue weighted by Gasteiger charge is -2.21. The third-order valence-corrected chi connectivity index (χ3v) is 8.47. The Balaban J connectivity index is 1.60. The Bertz CT molecular complexity index is 2120. The average molecular weight is 586 g/mol. The number of hydrogen-bond donors (Lipinski definition) is 1. The molecule has 0 atom stereocenters. The normalized spacial score (nSPS) is 11.8. The van der Waals surface area contributed by atoms with E-state index in [0.29, 0.717) is 55.7 Å². The minimum absolute atomic E-state index is 0.177. The number of sulfonamides is 1. The van der Waals surface area contributed by atoms with Gasteiger partial charge in [0.05, 0.1) is 28.9 Å². The van der Waals surface area contributed by atoms with Gasteiger partial charge in [0.25, 0.3) is 0 Å². The number of hydrogen-bond acceptors (Lipinski definition) is 5. The largest absolute Gasteiger partial charge is 0.455 e. The van der Waals surface area contributed by atoms with Crippen molar-refractivity contribution in [3.63, 3.8) is 0 Å². The van der Waals surface area contributed by atoms with Crippen LogP contribution in [0.4, 0.5) is 14.5 Å². The third kappa shape index (κ3) is 4.83. The lowest BCUT2D eigenvalue weighted by atomic mass is 9.96. The Kier molecular flexibility index (Phi) is 6.65. The molecular weight excluding hydrogens is 560 g/mol. The molecule has 212 valence electrons. The molecule has 0 unspecified atom stereocenters. The van der Waals surface area contributed by atoms with Crippen molar-refractivity contribution in [2.45, 2.75) is 13.3 Å². The number of nitrogens with zero attached hydrogens (tertiary/aromatic N) is 2. The van der Waals surface area contributed by atoms with Gasteiger partial charge in [-0.1, -0.05) is 6.92 Å². The third-order valence-electron chi connectivity index (χ3n) is 7.28. The number of furan rings is 1. The van der Waals surface area contributed by atoms with Crippen molar-refractivity contribution in [1.82, 2.24) is 9.97 Å². The topological polar surface area (TPSA) is 96.3 Å². The molecule has 0 fully saturated rings. The Morgan fingerprint density at radius 3 is 2.40 bits per heavy atom. The molecule has 10 heteroatoms. The summed E-state index contributed by atoms with van der Waals surface area (Å²) in [6.45, 7) is 1.74. The molecule has 7 nitrogen and oxygen atoms in total. The van der Waals surface area contributed by atoms with Crippen LogP contribution in [0.3, 0.4) is 0 Å². The minimum atomic E-state index is -3.69. The highest BCUT2D eigenvalue weighted by molar-refractivity contribution is 7.92. The number of H-pyrrole nitrogens is 1. The number of ketones is 1. The van der Waals surface area contributed by atoms with E-state index < -0.39 is 15.8 Å². The van der Waals surface area contributed by atoms with Gasteiger partial charge in [0.1, 0.15) is 23.0 Å². The molecule has 0 aliphatic heterocycles. The van der Waals surface area contributed by atoms with Gasteiger partial charge >= 0.3 is 0 Å². The van der Waals surface area contributed by atoms with Crippen LogP contribution < -0.4 is 4.31 Å². The second-order valence-corrected chi connectivity index (χ2v) is 12.0. The predicted molar refractivity (Wildman–Crippen MR) is 160 cm³/mol. The second-order valence-electron chi connectivity index (χ2n) is 10.0. The summed E-state index contributed by atoms with van der Waals surface area (Å²) in [6.07, 6.45) is 2.90. The van der Waals surface area contributed by atoms with E-state index in [4.69, 9.17) is 4.42 Å². The zero-order valence-corrected chi connectivity index (χ0v) is 23.7. The number of aromatic nitrogens is 2. The molecule has 3 aromatic carbocycles. The lowest BCUT2D eigenvalue weighted by molar-refractivity contribution is 0.0989. The van der Waals surface area contributed by atoms with Gasteiger partial charge in [-0.3, -0.25) is 14.1 Å². The van der Waals surface area contributed by atoms with Crippen LogP contribution in [0.15, 0.2) is 83.4 Å². The van der Waals surface area contributed by atoms with Gasteiger partial charge in [-0.05, 0) is 72.3 Å². The van der Waals surface area contributed by atoms with Crippen LogP contribution in [0.25, 0.3) is 55.7 Å². The molecule has 0 spiro atoms. The number of carbonyl (C=O) groups is 1. The standard InChI is InChI=1S/C32H25F2N3O4S/c1-4-29(38)31-24-16-23(19-11-12-35-26(14-19)27-15-20-13-22(34)9-10-25(20)36-27)28(37(2)42(3,39)40)17-30(24)41-32(31)18-5-7-21(33)8-6-18/h5-17,36H,4H2,1-3H3. The predicted octanol–water partition coefficient (Wildman–Crippen LogP) is 7.58. The number of rotatable bonds is 7. The average Bonchev–Trinajstić information content (AvgIpc) is 3.56. The maximum absolute atomic E-state index is 13.8. The van der Waals surface area contributed by atoms with Crippen LogP contribution in [0.5, 0.6) is 0 Å². The monoisotopic (exact) mass is 585 g/mol. The van der Waals surface area contributed by atoms with Crippen molar-refractivity contribution >= 4 is 43.4 Å². The second kappa shape index (κ2) is 10.2. The Hall–Kier alpha value is -4.83. The van der Waals surface area contributed by atoms with Gasteiger partial charge in [0.2, 0.25) is 10.0 Å². The van der Waals surface area contributed by atoms with E-state index in [0.717, 1.165) is 16.1 Å². The van der Waals surface area contributed by atoms with E-state index in [2.05, 4.69) is 9.97 Å². The SMILES string of the molecule is CCC(=O)c1c(-c2ccc(F)cc2)oc2cc(N(C)S(C)(=O)=O)c(-c3ccnc(-c4cc5cc(F)ccc5[nH]4)c3)cc12. The van der Waals surface area contributed by atoms with Crippen molar-refractivity contribution in [3.8, 4) is 33.8 Å². The molecule has 0 saturated carbocycles. The van der Waals surface area contributed by atoms with Crippen LogP contribution in [0.2, 0.25) is 0 Å². The molecule has 0 aliphatic rings. The molecule has 0 radical (unpaired) electrons. The number of benzene rings is 3. The highest BCUT2D eigenvalue weighted by Crippen LogP contribution is 2.42. The van der Waals surface area contributed by atoms with Crippen LogP contribution in [0.1, 0.15) is 23.7 Å². The molecule has 6 rings (SSSR count). The number of pyridine rings is 1. The van der Waals surface area contributed by atoms with Crippen molar-refractivity contribution in [2.75, 3.05) is 17.6 Å². The molecule has 3 heterocycles. The highest BCUT2D eigenvalue weighted by Gasteiger charge is 2.26. The van der Waals surface area contributed by atoms with Crippen LogP contribution in [0, 0.1) is 11.6 Å². The molecule has 0 amide bonds. The molecule has 0 aliphatic carbocycles. The fraction of sp³-hybridized carbons (Fsp3) is 0.125. The molecule has 42 heavy (non-hydrogen) atoms. The number of halogens is 2. The fourth-order valence-corrected chi connectivity index (χ4v) is 5.56. The van der Waals surface area contributed by atoms with Gasteiger partial charge in [-0.25, -0.2) is 17.2 Å². The molecule has 6 aromatic rings. The van der Waals surface area contributed by atoms with Gasteiger partial charge in [-0.2, -0.15) is 0 Å². The zero-order valence-electron chi connectivity index (χ0n) is 22.9. The number of nitrogens with one attached hydrogen (secondary N) is 1. The number of fused-ring (bicyclic) bond motifs is 2. The first-order valence-corrected chi connectivity index (χ1v) is 15.0. The number of carbonyl (C=O) groups excluding carboxylic acids is 1. The van der Waals surface area contributed by atoms with Crippen molar-refractivity contribution in [1.29, 1.82) is 0 Å². The van der Waals surface area contributed by atoms with Gasteiger partial charge in [-0.15, -0.1) is 0 Å². The summed E-state index contributed by atoms with van der Waals surface area (Å²) in [6, 6.07) is 18.8. The summed E-state index contributed by atoms with van der Waals surface area (Å²) in [4.78, 5) is 21.0. The van der Waals surface area contributed by atoms with Gasteiger partial charge in [0.15, 0.2) is 5.78 Å². The van der Waals surface area contributed by atoms with Gasteiger partial charge in [0, 0.05) is 53.1 Å². The van der Waals surface area contributed by atoms with Crippen molar-refractivity contribution in [3.05, 3.63) is 96.2 Å². The summed E-state index contributed by atoms with van der Waals surface area (Å²) in [7, 11) is -2.25. The summed E-state index contributed by atoms with van der Waals surface area (Å²) in [5.74, 6) is -0.674. The summed E-state index contributed by atoms with van der Waals surface area (Å²) in [5.41, 5.74) is 4.61. The van der Waals surface area contributed by atoms with E-state index in [-0.39, 0.29) is 23.8 Å². The minimum Gasteiger partial charge on any atom is -0.455 e. The molecule has 0 bridgehead atoms. The van der Waals surface area contributed by atoms with Crippen molar-refractivity contribution < 1.29 is 26.4 Å². The Morgan fingerprint density at radius 1 is 0.952 bits per heavy atom. The molecular formula is C32H25F2N3O4S. The van der Waals surface area contributed by atoms with Crippen LogP contribution in [-0.4, -0.2) is 37.5 Å². The highest BCUT2D eigenvalue weighted by atomic mass is 32.2. The lowest BCUT2D eigenvalue weighted by Crippen LogP contribution is -2.25. The molecule has 1 N–H and O–H groups in total. The molecule has 0 saturated heterocycles. The quantitative estimate of drug-likeness (QED) is 0.195. The van der Waals surface area contributed by atoms with E-state index in [9.17, 15) is 22.0 Å². The van der Waals surface area contributed by atoms with E-state index in [1.165, 1.54) is 43.4 Å². The van der Waals surface area contributed by atoms with Crippen LogP contribution in [-0.2, 0) is 10.0 Å². The first-order valence-electron chi connectivity index (χ1n) is 13.1. The molecule has 3 aromatic heterocycles. The van der Waals surface area contributed by atoms with Gasteiger partial charge < -0.3 is 9.40 Å². The van der Waals surface area contributed by atoms with E-state index in [1.807, 2.05) is 0 Å². The van der Waals surface area contributed by atoms with Crippen molar-refractivity contribution in [2.24, 2.45) is 0 Å². The zero-order chi connectivity index (χ0) is 29.8. The Morgan fingerprint density at radius 2 is 1.69 bits per heavy atom. The van der Waals surface area contributed by atoms with Crippen LogP contribution >= 0.6 is 0 Å². The smallest absolute Gasteiger partial charge is 0.232 e. The summed E-state index contributed by atoms with van der Waals surface area (Å²) < 4.78 is 60.2. The number of Topliss-reactive ketones (excluding diaryl/α,β-unsaturated/α-hetero) is 1. The summed E-state index contributed by atoms with van der Waals surface area (Å²) >= 11 is 0. The Labute approximate surface area is 240 Å². The van der Waals surface area contributed by atoms with E-state index >= 15 is 0 Å². The maximum atomic E-state index is 13.8. The number of aromatic amines is 1. The van der Waals surface area contributed by atoms with E-state index in [1.54, 1.807) is 49.5 Å².